The van der Waals surface area contributed by atoms with Gasteiger partial charge in [-0.05, 0) is 36.4 Å². The molecule has 4 aromatic rings. The van der Waals surface area contributed by atoms with Gasteiger partial charge >= 0.3 is 5.76 Å². The summed E-state index contributed by atoms with van der Waals surface area (Å²) in [5.41, 5.74) is 3.46. The number of anilines is 1. The van der Waals surface area contributed by atoms with Crippen LogP contribution in [0.2, 0.25) is 0 Å². The van der Waals surface area contributed by atoms with Crippen LogP contribution in [0.4, 0.5) is 10.2 Å². The predicted octanol–water partition coefficient (Wildman–Crippen LogP) is 3.30. The Balaban J connectivity index is 1.48. The first-order valence-electron chi connectivity index (χ1n) is 8.93. The van der Waals surface area contributed by atoms with Gasteiger partial charge in [0.15, 0.2) is 5.58 Å². The number of nitrogens with one attached hydrogen (secondary N) is 1. The van der Waals surface area contributed by atoms with E-state index in [1.54, 1.807) is 52.8 Å². The molecule has 1 amide bonds. The molecule has 0 spiro atoms. The minimum Gasteiger partial charge on any atom is -0.408 e. The molecule has 29 heavy (non-hydrogen) atoms. The van der Waals surface area contributed by atoms with Crippen molar-refractivity contribution in [2.45, 2.75) is 18.1 Å². The lowest BCUT2D eigenvalue weighted by molar-refractivity contribution is -0.116. The van der Waals surface area contributed by atoms with Crippen LogP contribution in [0.5, 0.6) is 0 Å². The zero-order valence-electron chi connectivity index (χ0n) is 15.1. The van der Waals surface area contributed by atoms with Gasteiger partial charge in [0.1, 0.15) is 18.2 Å². The molecule has 0 atom stereocenters. The van der Waals surface area contributed by atoms with Crippen molar-refractivity contribution in [3.05, 3.63) is 76.2 Å². The first-order valence-corrected chi connectivity index (χ1v) is 10.1. The molecule has 0 saturated heterocycles. The van der Waals surface area contributed by atoms with E-state index in [2.05, 4.69) is 10.4 Å². The van der Waals surface area contributed by atoms with Crippen LogP contribution in [0.25, 0.3) is 16.8 Å². The summed E-state index contributed by atoms with van der Waals surface area (Å²) in [4.78, 5) is 24.9. The molecule has 0 saturated carbocycles. The Bertz CT molecular complexity index is 1290. The standard InChI is InChI=1S/C20H15FN4O3S/c21-12-5-7-13(8-6-12)25-19(14-10-29-11-15(14)23-25)22-18(26)9-24-16-3-1-2-4-17(16)28-20(24)27/h1-8H,9-11H2,(H,22,26). The first kappa shape index (κ1) is 17.7. The highest BCUT2D eigenvalue weighted by Gasteiger charge is 2.25. The van der Waals surface area contributed by atoms with Crippen LogP contribution in [-0.2, 0) is 22.8 Å². The summed E-state index contributed by atoms with van der Waals surface area (Å²) < 4.78 is 21.4. The summed E-state index contributed by atoms with van der Waals surface area (Å²) in [5.74, 6) is 0.706. The van der Waals surface area contributed by atoms with Crippen molar-refractivity contribution < 1.29 is 13.6 Å². The Hall–Kier alpha value is -3.33. The molecule has 0 aliphatic carbocycles. The number of halogens is 1. The Morgan fingerprint density at radius 2 is 1.97 bits per heavy atom. The van der Waals surface area contributed by atoms with Gasteiger partial charge in [0, 0.05) is 17.1 Å². The summed E-state index contributed by atoms with van der Waals surface area (Å²) in [7, 11) is 0. The molecule has 146 valence electrons. The molecular weight excluding hydrogens is 395 g/mol. The number of thioether (sulfide) groups is 1. The highest BCUT2D eigenvalue weighted by atomic mass is 32.2. The zero-order chi connectivity index (χ0) is 20.0. The normalized spacial score (nSPS) is 13.0. The number of aromatic nitrogens is 3. The Kier molecular flexibility index (Phi) is 4.24. The van der Waals surface area contributed by atoms with Gasteiger partial charge in [0.2, 0.25) is 5.91 Å². The summed E-state index contributed by atoms with van der Waals surface area (Å²) in [6.07, 6.45) is 0. The third-order valence-corrected chi connectivity index (χ3v) is 5.73. The van der Waals surface area contributed by atoms with Crippen LogP contribution in [0, 0.1) is 5.82 Å². The number of carbonyl (C=O) groups is 1. The van der Waals surface area contributed by atoms with E-state index in [1.165, 1.54) is 16.7 Å². The Labute approximate surface area is 168 Å². The van der Waals surface area contributed by atoms with Crippen molar-refractivity contribution in [3.8, 4) is 5.69 Å². The van der Waals surface area contributed by atoms with Crippen molar-refractivity contribution in [1.29, 1.82) is 0 Å². The lowest BCUT2D eigenvalue weighted by atomic mass is 10.2. The number of hydrogen-bond donors (Lipinski definition) is 1. The summed E-state index contributed by atoms with van der Waals surface area (Å²) in [6.45, 7) is -0.188. The molecule has 9 heteroatoms. The SMILES string of the molecule is O=C(Cn1c(=O)oc2ccccc21)Nc1c2c(nn1-c1ccc(F)cc1)CSC2. The molecule has 0 fully saturated rings. The fourth-order valence-electron chi connectivity index (χ4n) is 3.39. The molecule has 0 radical (unpaired) electrons. The number of oxazole rings is 1. The average Bonchev–Trinajstić information content (AvgIpc) is 3.38. The van der Waals surface area contributed by atoms with Crippen LogP contribution < -0.4 is 11.1 Å². The smallest absolute Gasteiger partial charge is 0.408 e. The van der Waals surface area contributed by atoms with Crippen molar-refractivity contribution in [2.24, 2.45) is 0 Å². The van der Waals surface area contributed by atoms with Gasteiger partial charge in [-0.15, -0.1) is 0 Å². The Morgan fingerprint density at radius 3 is 2.79 bits per heavy atom. The van der Waals surface area contributed by atoms with Crippen LogP contribution in [-0.4, -0.2) is 20.3 Å². The van der Waals surface area contributed by atoms with E-state index in [0.29, 0.717) is 22.6 Å². The molecule has 7 nitrogen and oxygen atoms in total. The number of amides is 1. The number of benzene rings is 2. The van der Waals surface area contributed by atoms with E-state index in [9.17, 15) is 14.0 Å². The highest BCUT2D eigenvalue weighted by molar-refractivity contribution is 7.98. The number of fused-ring (bicyclic) bond motifs is 2. The quantitative estimate of drug-likeness (QED) is 0.558. The maximum atomic E-state index is 13.3. The van der Waals surface area contributed by atoms with Crippen LogP contribution in [0.1, 0.15) is 11.3 Å². The third kappa shape index (κ3) is 3.13. The first-order chi connectivity index (χ1) is 14.1. The van der Waals surface area contributed by atoms with E-state index in [0.717, 1.165) is 22.8 Å². The van der Waals surface area contributed by atoms with Gasteiger partial charge in [-0.25, -0.2) is 13.9 Å². The third-order valence-electron chi connectivity index (χ3n) is 4.76. The Morgan fingerprint density at radius 1 is 1.17 bits per heavy atom. The van der Waals surface area contributed by atoms with Crippen molar-refractivity contribution >= 4 is 34.6 Å². The van der Waals surface area contributed by atoms with E-state index >= 15 is 0 Å². The monoisotopic (exact) mass is 410 g/mol. The van der Waals surface area contributed by atoms with Gasteiger partial charge in [0.25, 0.3) is 0 Å². The molecule has 2 aromatic heterocycles. The topological polar surface area (TPSA) is 82.1 Å². The van der Waals surface area contributed by atoms with E-state index in [-0.39, 0.29) is 18.3 Å². The second-order valence-electron chi connectivity index (χ2n) is 6.62. The molecular formula is C20H15FN4O3S. The summed E-state index contributed by atoms with van der Waals surface area (Å²) in [6, 6.07) is 12.9. The van der Waals surface area contributed by atoms with Gasteiger partial charge in [0.05, 0.1) is 16.9 Å². The van der Waals surface area contributed by atoms with E-state index in [4.69, 9.17) is 4.42 Å². The predicted molar refractivity (Wildman–Crippen MR) is 108 cm³/mol. The summed E-state index contributed by atoms with van der Waals surface area (Å²) >= 11 is 1.71. The largest absolute Gasteiger partial charge is 0.420 e. The van der Waals surface area contributed by atoms with Gasteiger partial charge < -0.3 is 9.73 Å². The minimum atomic E-state index is -0.589. The molecule has 0 unspecified atom stereocenters. The molecule has 2 aromatic carbocycles. The minimum absolute atomic E-state index is 0.188. The van der Waals surface area contributed by atoms with Crippen molar-refractivity contribution in [2.75, 3.05) is 5.32 Å². The molecule has 3 heterocycles. The van der Waals surface area contributed by atoms with E-state index in [1.807, 2.05) is 0 Å². The van der Waals surface area contributed by atoms with Gasteiger partial charge in [-0.3, -0.25) is 9.36 Å². The van der Waals surface area contributed by atoms with Crippen molar-refractivity contribution in [1.82, 2.24) is 14.3 Å². The maximum absolute atomic E-state index is 13.3. The fourth-order valence-corrected chi connectivity index (χ4v) is 4.42. The lowest BCUT2D eigenvalue weighted by Gasteiger charge is -2.11. The molecule has 5 rings (SSSR count). The summed E-state index contributed by atoms with van der Waals surface area (Å²) in [5, 5.41) is 7.47. The molecule has 1 aliphatic rings. The number of hydrogen-bond acceptors (Lipinski definition) is 5. The second kappa shape index (κ2) is 6.93. The van der Waals surface area contributed by atoms with Gasteiger partial charge in [-0.2, -0.15) is 16.9 Å². The van der Waals surface area contributed by atoms with Crippen LogP contribution in [0.15, 0.2) is 57.7 Å². The molecule has 0 bridgehead atoms. The number of nitrogens with zero attached hydrogens (tertiary/aromatic N) is 3. The zero-order valence-corrected chi connectivity index (χ0v) is 15.9. The van der Waals surface area contributed by atoms with Crippen LogP contribution >= 0.6 is 11.8 Å². The highest BCUT2D eigenvalue weighted by Crippen LogP contribution is 2.36. The number of carbonyl (C=O) groups excluding carboxylic acids is 1. The lowest BCUT2D eigenvalue weighted by Crippen LogP contribution is -2.26. The fraction of sp³-hybridized carbons (Fsp3) is 0.150. The van der Waals surface area contributed by atoms with Crippen molar-refractivity contribution in [3.63, 3.8) is 0 Å². The molecule has 1 N–H and O–H groups in total. The molecule has 1 aliphatic heterocycles. The van der Waals surface area contributed by atoms with Gasteiger partial charge in [-0.1, -0.05) is 12.1 Å². The number of para-hydroxylation sites is 2. The maximum Gasteiger partial charge on any atom is 0.420 e. The average molecular weight is 410 g/mol. The second-order valence-corrected chi connectivity index (χ2v) is 7.61. The van der Waals surface area contributed by atoms with E-state index < -0.39 is 5.76 Å². The number of rotatable bonds is 4. The van der Waals surface area contributed by atoms with Crippen LogP contribution in [0.3, 0.4) is 0 Å².